The van der Waals surface area contributed by atoms with Gasteiger partial charge in [0.05, 0.1) is 16.8 Å². The van der Waals surface area contributed by atoms with Gasteiger partial charge in [0.15, 0.2) is 0 Å². The molecule has 1 aromatic heterocycles. The minimum Gasteiger partial charge on any atom is -0.260 e. The predicted molar refractivity (Wildman–Crippen MR) is 43.0 cm³/mol. The van der Waals surface area contributed by atoms with Gasteiger partial charge in [0.2, 0.25) is 0 Å². The van der Waals surface area contributed by atoms with E-state index in [1.54, 1.807) is 12.3 Å². The Bertz CT molecular complexity index is 368. The van der Waals surface area contributed by atoms with E-state index >= 15 is 0 Å². The summed E-state index contributed by atoms with van der Waals surface area (Å²) in [7, 11) is 0. The van der Waals surface area contributed by atoms with Crippen LogP contribution in [0.4, 0.5) is 0 Å². The summed E-state index contributed by atoms with van der Waals surface area (Å²) in [4.78, 5) is 4.00. The normalized spacial score (nSPS) is 8.58. The molecule has 0 radical (unpaired) electrons. The highest BCUT2D eigenvalue weighted by Crippen LogP contribution is 2.10. The molecular weight excluding hydrogens is 150 g/mol. The Balaban J connectivity index is 3.37. The van der Waals surface area contributed by atoms with Crippen molar-refractivity contribution in [3.63, 3.8) is 0 Å². The van der Waals surface area contributed by atoms with Crippen molar-refractivity contribution in [1.29, 1.82) is 10.5 Å². The van der Waals surface area contributed by atoms with E-state index in [4.69, 9.17) is 10.5 Å². The minimum absolute atomic E-state index is 0.405. The quantitative estimate of drug-likeness (QED) is 0.618. The fraction of sp³-hybridized carbons (Fsp3) is 0.222. The average Bonchev–Trinajstić information content (AvgIpc) is 2.16. The number of nitriles is 2. The summed E-state index contributed by atoms with van der Waals surface area (Å²) in [5.74, 6) is 0. The summed E-state index contributed by atoms with van der Waals surface area (Å²) < 4.78 is 0. The molecule has 1 aromatic rings. The minimum atomic E-state index is 0.405. The first-order valence-corrected chi connectivity index (χ1v) is 3.61. The van der Waals surface area contributed by atoms with Crippen molar-refractivity contribution in [2.24, 2.45) is 0 Å². The Kier molecular flexibility index (Phi) is 2.40. The number of hydrogen-bond donors (Lipinski definition) is 0. The van der Waals surface area contributed by atoms with Gasteiger partial charge in [-0.3, -0.25) is 4.98 Å². The van der Waals surface area contributed by atoms with Gasteiger partial charge in [-0.1, -0.05) is 6.92 Å². The van der Waals surface area contributed by atoms with Crippen molar-refractivity contribution >= 4 is 0 Å². The topological polar surface area (TPSA) is 60.5 Å². The molecule has 0 amide bonds. The van der Waals surface area contributed by atoms with Crippen molar-refractivity contribution in [1.82, 2.24) is 4.98 Å². The highest BCUT2D eigenvalue weighted by molar-refractivity contribution is 5.47. The molecule has 0 N–H and O–H groups in total. The van der Waals surface area contributed by atoms with Gasteiger partial charge in [0.25, 0.3) is 0 Å². The van der Waals surface area contributed by atoms with Gasteiger partial charge in [-0.05, 0) is 12.5 Å². The lowest BCUT2D eigenvalue weighted by Crippen LogP contribution is -1.95. The first-order chi connectivity index (χ1) is 5.83. The lowest BCUT2D eigenvalue weighted by molar-refractivity contribution is 1.02. The van der Waals surface area contributed by atoms with E-state index in [1.807, 2.05) is 19.1 Å². The number of aryl methyl sites for hydroxylation is 1. The van der Waals surface area contributed by atoms with Crippen molar-refractivity contribution in [2.75, 3.05) is 0 Å². The number of hydrogen-bond acceptors (Lipinski definition) is 3. The Labute approximate surface area is 70.9 Å². The number of nitrogens with zero attached hydrogens (tertiary/aromatic N) is 3. The molecule has 0 unspecified atom stereocenters. The predicted octanol–water partition coefficient (Wildman–Crippen LogP) is 1.39. The van der Waals surface area contributed by atoms with Crippen LogP contribution in [0.1, 0.15) is 23.7 Å². The van der Waals surface area contributed by atoms with Crippen LogP contribution in [-0.2, 0) is 6.42 Å². The average molecular weight is 157 g/mol. The summed E-state index contributed by atoms with van der Waals surface area (Å²) in [5, 5.41) is 17.4. The third kappa shape index (κ3) is 1.26. The van der Waals surface area contributed by atoms with Gasteiger partial charge in [0, 0.05) is 6.20 Å². The van der Waals surface area contributed by atoms with Crippen LogP contribution in [0.15, 0.2) is 12.3 Å². The largest absolute Gasteiger partial charge is 0.260 e. The van der Waals surface area contributed by atoms with Gasteiger partial charge in [-0.15, -0.1) is 0 Å². The van der Waals surface area contributed by atoms with E-state index in [0.717, 1.165) is 0 Å². The Morgan fingerprint density at radius 1 is 1.42 bits per heavy atom. The van der Waals surface area contributed by atoms with E-state index in [1.165, 1.54) is 0 Å². The van der Waals surface area contributed by atoms with Crippen molar-refractivity contribution in [3.05, 3.63) is 29.1 Å². The highest BCUT2D eigenvalue weighted by atomic mass is 14.7. The number of pyridine rings is 1. The van der Waals surface area contributed by atoms with E-state index in [-0.39, 0.29) is 0 Å². The molecule has 3 nitrogen and oxygen atoms in total. The summed E-state index contributed by atoms with van der Waals surface area (Å²) in [6.07, 6.45) is 2.23. The Hall–Kier alpha value is -1.87. The van der Waals surface area contributed by atoms with Crippen molar-refractivity contribution < 1.29 is 0 Å². The second kappa shape index (κ2) is 3.50. The van der Waals surface area contributed by atoms with Crippen LogP contribution in [0.5, 0.6) is 0 Å². The second-order valence-corrected chi connectivity index (χ2v) is 2.26. The standard InChI is InChI=1S/C9H7N3/c1-2-9-8(6-11)7(5-10)3-4-12-9/h3-4H,2H2,1H3. The van der Waals surface area contributed by atoms with Gasteiger partial charge >= 0.3 is 0 Å². The zero-order valence-electron chi connectivity index (χ0n) is 6.70. The molecule has 1 rings (SSSR count). The molecule has 0 fully saturated rings. The fourth-order valence-electron chi connectivity index (χ4n) is 0.991. The second-order valence-electron chi connectivity index (χ2n) is 2.26. The summed E-state index contributed by atoms with van der Waals surface area (Å²) >= 11 is 0. The molecule has 0 aliphatic heterocycles. The van der Waals surface area contributed by atoms with E-state index in [0.29, 0.717) is 23.2 Å². The Morgan fingerprint density at radius 3 is 2.67 bits per heavy atom. The fourth-order valence-corrected chi connectivity index (χ4v) is 0.991. The molecule has 0 aliphatic rings. The zero-order valence-corrected chi connectivity index (χ0v) is 6.70. The zero-order chi connectivity index (χ0) is 8.97. The number of rotatable bonds is 1. The van der Waals surface area contributed by atoms with Gasteiger partial charge in [-0.25, -0.2) is 0 Å². The molecule has 58 valence electrons. The maximum atomic E-state index is 8.72. The first kappa shape index (κ1) is 8.23. The van der Waals surface area contributed by atoms with Crippen molar-refractivity contribution in [3.8, 4) is 12.1 Å². The molecule has 0 bridgehead atoms. The summed E-state index contributed by atoms with van der Waals surface area (Å²) in [5.41, 5.74) is 1.50. The maximum absolute atomic E-state index is 8.72. The van der Waals surface area contributed by atoms with Crippen LogP contribution in [0.2, 0.25) is 0 Å². The van der Waals surface area contributed by atoms with Gasteiger partial charge in [0.1, 0.15) is 12.1 Å². The highest BCUT2D eigenvalue weighted by Gasteiger charge is 2.05. The molecule has 0 saturated heterocycles. The van der Waals surface area contributed by atoms with Gasteiger partial charge in [-0.2, -0.15) is 10.5 Å². The maximum Gasteiger partial charge on any atom is 0.102 e. The monoisotopic (exact) mass is 157 g/mol. The molecule has 0 aromatic carbocycles. The molecule has 0 aliphatic carbocycles. The van der Waals surface area contributed by atoms with Crippen LogP contribution in [-0.4, -0.2) is 4.98 Å². The van der Waals surface area contributed by atoms with E-state index < -0.39 is 0 Å². The van der Waals surface area contributed by atoms with Crippen LogP contribution < -0.4 is 0 Å². The molecule has 0 saturated carbocycles. The molecule has 3 heteroatoms. The van der Waals surface area contributed by atoms with Crippen LogP contribution in [0.3, 0.4) is 0 Å². The molecular formula is C9H7N3. The molecule has 12 heavy (non-hydrogen) atoms. The summed E-state index contributed by atoms with van der Waals surface area (Å²) in [6, 6.07) is 5.49. The van der Waals surface area contributed by atoms with Crippen LogP contribution in [0, 0.1) is 22.7 Å². The van der Waals surface area contributed by atoms with Crippen molar-refractivity contribution in [2.45, 2.75) is 13.3 Å². The first-order valence-electron chi connectivity index (χ1n) is 3.61. The molecule has 0 spiro atoms. The van der Waals surface area contributed by atoms with E-state index in [2.05, 4.69) is 4.98 Å². The smallest absolute Gasteiger partial charge is 0.102 e. The third-order valence-corrected chi connectivity index (χ3v) is 1.60. The SMILES string of the molecule is CCc1nccc(C#N)c1C#N. The number of aromatic nitrogens is 1. The van der Waals surface area contributed by atoms with Crippen LogP contribution in [0.25, 0.3) is 0 Å². The van der Waals surface area contributed by atoms with E-state index in [9.17, 15) is 0 Å². The molecule has 0 atom stereocenters. The van der Waals surface area contributed by atoms with Crippen LogP contribution >= 0.6 is 0 Å². The third-order valence-electron chi connectivity index (χ3n) is 1.60. The molecule has 1 heterocycles. The Morgan fingerprint density at radius 2 is 2.17 bits per heavy atom. The lowest BCUT2D eigenvalue weighted by atomic mass is 10.1. The summed E-state index contributed by atoms with van der Waals surface area (Å²) in [6.45, 7) is 1.91. The van der Waals surface area contributed by atoms with Gasteiger partial charge < -0.3 is 0 Å². The lowest BCUT2D eigenvalue weighted by Gasteiger charge is -1.98.